The van der Waals surface area contributed by atoms with Gasteiger partial charge in [-0.15, -0.1) is 0 Å². The molecule has 1 aromatic rings. The summed E-state index contributed by atoms with van der Waals surface area (Å²) in [5, 5.41) is 9.45. The third-order valence-electron chi connectivity index (χ3n) is 4.23. The summed E-state index contributed by atoms with van der Waals surface area (Å²) in [7, 11) is 0. The van der Waals surface area contributed by atoms with Crippen LogP contribution in [-0.2, 0) is 10.2 Å². The van der Waals surface area contributed by atoms with E-state index in [1.54, 1.807) is 0 Å². The fraction of sp³-hybridized carbons (Fsp3) is 0.556. The molecule has 0 N–H and O–H groups in total. The molecule has 4 heteroatoms. The number of rotatable bonds is 8. The van der Waals surface area contributed by atoms with Crippen molar-refractivity contribution in [1.82, 2.24) is 0 Å². The van der Waals surface area contributed by atoms with Crippen molar-refractivity contribution in [2.24, 2.45) is 5.41 Å². The van der Waals surface area contributed by atoms with Crippen molar-refractivity contribution in [2.45, 2.75) is 51.9 Å². The van der Waals surface area contributed by atoms with E-state index >= 15 is 0 Å². The molecule has 1 atom stereocenters. The number of carbonyl (C=O) groups excluding carboxylic acids is 1. The molecule has 0 saturated carbocycles. The minimum absolute atomic E-state index is 0.217. The number of ketones is 1. The molecule has 0 aliphatic carbocycles. The predicted octanol–water partition coefficient (Wildman–Crippen LogP) is 5.62. The lowest BCUT2D eigenvalue weighted by molar-refractivity contribution is -0.121. The van der Waals surface area contributed by atoms with Crippen molar-refractivity contribution < 1.29 is 4.79 Å². The van der Waals surface area contributed by atoms with Crippen molar-refractivity contribution in [2.75, 3.05) is 5.33 Å². The molecule has 0 heterocycles. The van der Waals surface area contributed by atoms with Crippen LogP contribution in [-0.4, -0.2) is 11.1 Å². The lowest BCUT2D eigenvalue weighted by Crippen LogP contribution is -2.33. The van der Waals surface area contributed by atoms with Gasteiger partial charge in [0.15, 0.2) is 5.78 Å². The van der Waals surface area contributed by atoms with Gasteiger partial charge in [-0.1, -0.05) is 40.9 Å². The Morgan fingerprint density at radius 1 is 1.27 bits per heavy atom. The second-order valence-electron chi connectivity index (χ2n) is 6.60. The van der Waals surface area contributed by atoms with E-state index in [0.717, 1.165) is 34.8 Å². The number of Topliss-reactive ketones (excluding diaryl/α,β-unsaturated/α-hetero) is 1. The highest BCUT2D eigenvalue weighted by molar-refractivity contribution is 14.1. The van der Waals surface area contributed by atoms with Gasteiger partial charge in [0.2, 0.25) is 0 Å². The Morgan fingerprint density at radius 2 is 1.91 bits per heavy atom. The molecule has 0 radical (unpaired) electrons. The molecule has 2 nitrogen and oxygen atoms in total. The monoisotopic (exact) mass is 475 g/mol. The van der Waals surface area contributed by atoms with Gasteiger partial charge < -0.3 is 0 Å². The lowest BCUT2D eigenvalue weighted by Gasteiger charge is -2.29. The summed E-state index contributed by atoms with van der Waals surface area (Å²) in [4.78, 5) is 12.5. The zero-order chi connectivity index (χ0) is 16.8. The van der Waals surface area contributed by atoms with E-state index in [-0.39, 0.29) is 11.2 Å². The Bertz CT molecular complexity index is 564. The summed E-state index contributed by atoms with van der Waals surface area (Å²) < 4.78 is 1.15. The number of nitrogens with zero attached hydrogens (tertiary/aromatic N) is 1. The fourth-order valence-electron chi connectivity index (χ4n) is 2.53. The highest BCUT2D eigenvalue weighted by Crippen LogP contribution is 2.33. The third kappa shape index (κ3) is 5.34. The van der Waals surface area contributed by atoms with Gasteiger partial charge in [-0.2, -0.15) is 5.26 Å². The smallest absolute Gasteiger partial charge is 0.153 e. The largest absolute Gasteiger partial charge is 0.298 e. The van der Waals surface area contributed by atoms with E-state index in [9.17, 15) is 4.79 Å². The lowest BCUT2D eigenvalue weighted by atomic mass is 9.74. The Hall–Kier alpha value is -0.410. The number of carbonyl (C=O) groups is 1. The summed E-state index contributed by atoms with van der Waals surface area (Å²) in [5.74, 6) is 0.217. The van der Waals surface area contributed by atoms with E-state index in [0.29, 0.717) is 5.33 Å². The molecule has 22 heavy (non-hydrogen) atoms. The van der Waals surface area contributed by atoms with Gasteiger partial charge in [-0.3, -0.25) is 4.79 Å². The first-order valence-corrected chi connectivity index (χ1v) is 9.72. The van der Waals surface area contributed by atoms with Crippen molar-refractivity contribution in [1.29, 1.82) is 5.26 Å². The molecule has 0 aliphatic rings. The number of hydrogen-bond acceptors (Lipinski definition) is 2. The highest BCUT2D eigenvalue weighted by atomic mass is 127. The quantitative estimate of drug-likeness (QED) is 0.278. The Balaban J connectivity index is 2.82. The zero-order valence-corrected chi connectivity index (χ0v) is 17.2. The van der Waals surface area contributed by atoms with Crippen LogP contribution in [0.4, 0.5) is 0 Å². The van der Waals surface area contributed by atoms with Gasteiger partial charge in [0.1, 0.15) is 0 Å². The first kappa shape index (κ1) is 19.6. The van der Waals surface area contributed by atoms with Gasteiger partial charge in [-0.25, -0.2) is 0 Å². The van der Waals surface area contributed by atoms with Gasteiger partial charge in [0.25, 0.3) is 0 Å². The number of benzene rings is 1. The molecule has 0 aliphatic heterocycles. The molecule has 1 unspecified atom stereocenters. The van der Waals surface area contributed by atoms with E-state index in [1.807, 2.05) is 39.0 Å². The van der Waals surface area contributed by atoms with Crippen LogP contribution in [0.25, 0.3) is 0 Å². The average Bonchev–Trinajstić information content (AvgIpc) is 2.50. The molecule has 0 spiro atoms. The second kappa shape index (κ2) is 8.44. The van der Waals surface area contributed by atoms with E-state index < -0.39 is 5.41 Å². The molecule has 120 valence electrons. The minimum atomic E-state index is -0.457. The summed E-state index contributed by atoms with van der Waals surface area (Å²) >= 11 is 5.61. The maximum absolute atomic E-state index is 12.5. The maximum Gasteiger partial charge on any atom is 0.153 e. The average molecular weight is 476 g/mol. The molecule has 0 amide bonds. The molecule has 0 bridgehead atoms. The van der Waals surface area contributed by atoms with Crippen molar-refractivity contribution in [3.05, 3.63) is 33.4 Å². The van der Waals surface area contributed by atoms with Crippen LogP contribution in [0.5, 0.6) is 0 Å². The van der Waals surface area contributed by atoms with E-state index in [2.05, 4.69) is 50.7 Å². The van der Waals surface area contributed by atoms with Crippen LogP contribution in [0.3, 0.4) is 0 Å². The number of hydrogen-bond donors (Lipinski definition) is 0. The first-order chi connectivity index (χ1) is 10.2. The normalized spacial score (nSPS) is 14.2. The predicted molar refractivity (Wildman–Crippen MR) is 103 cm³/mol. The SMILES string of the molecule is CC(C)(C#N)CCCCC(C)(C(=O)CBr)c1cccc(I)c1. The highest BCUT2D eigenvalue weighted by Gasteiger charge is 2.33. The van der Waals surface area contributed by atoms with Crippen LogP contribution in [0.2, 0.25) is 0 Å². The van der Waals surface area contributed by atoms with Gasteiger partial charge >= 0.3 is 0 Å². The van der Waals surface area contributed by atoms with Crippen molar-refractivity contribution in [3.63, 3.8) is 0 Å². The van der Waals surface area contributed by atoms with Crippen LogP contribution in [0, 0.1) is 20.3 Å². The summed E-state index contributed by atoms with van der Waals surface area (Å²) in [6.45, 7) is 5.97. The Labute approximate surface area is 155 Å². The minimum Gasteiger partial charge on any atom is -0.298 e. The van der Waals surface area contributed by atoms with Crippen molar-refractivity contribution in [3.8, 4) is 6.07 Å². The maximum atomic E-state index is 12.5. The van der Waals surface area contributed by atoms with Gasteiger partial charge in [0.05, 0.1) is 22.2 Å². The fourth-order valence-corrected chi connectivity index (χ4v) is 3.69. The van der Waals surface area contributed by atoms with Crippen LogP contribution in [0.15, 0.2) is 24.3 Å². The number of nitriles is 1. The van der Waals surface area contributed by atoms with Crippen LogP contribution in [0.1, 0.15) is 52.0 Å². The molecular weight excluding hydrogens is 453 g/mol. The summed E-state index contributed by atoms with van der Waals surface area (Å²) in [5.41, 5.74) is 0.350. The second-order valence-corrected chi connectivity index (χ2v) is 8.41. The number of unbranched alkanes of at least 4 members (excludes halogenated alkanes) is 1. The van der Waals surface area contributed by atoms with Crippen LogP contribution < -0.4 is 0 Å². The zero-order valence-electron chi connectivity index (χ0n) is 13.5. The molecule has 1 rings (SSSR count). The van der Waals surface area contributed by atoms with E-state index in [1.165, 1.54) is 0 Å². The summed E-state index contributed by atoms with van der Waals surface area (Å²) in [6.07, 6.45) is 3.61. The molecule has 0 aromatic heterocycles. The molecule has 0 fully saturated rings. The number of halogens is 2. The standard InChI is InChI=1S/C18H23BrINO/c1-17(2,13-21)9-4-5-10-18(3,16(22)12-19)14-7-6-8-15(20)11-14/h6-8,11H,4-5,9-10,12H2,1-3H3. The summed E-state index contributed by atoms with van der Waals surface area (Å²) in [6, 6.07) is 10.5. The number of alkyl halides is 1. The third-order valence-corrected chi connectivity index (χ3v) is 5.41. The first-order valence-electron chi connectivity index (χ1n) is 7.52. The molecule has 1 aromatic carbocycles. The van der Waals surface area contributed by atoms with Gasteiger partial charge in [0, 0.05) is 3.57 Å². The Kier molecular flexibility index (Phi) is 7.54. The van der Waals surface area contributed by atoms with Gasteiger partial charge in [-0.05, 0) is 73.9 Å². The topological polar surface area (TPSA) is 40.9 Å². The van der Waals surface area contributed by atoms with E-state index in [4.69, 9.17) is 5.26 Å². The van der Waals surface area contributed by atoms with Crippen molar-refractivity contribution >= 4 is 44.3 Å². The Morgan fingerprint density at radius 3 is 2.45 bits per heavy atom. The molecule has 0 saturated heterocycles. The van der Waals surface area contributed by atoms with Crippen LogP contribution >= 0.6 is 38.5 Å². The molecular formula is C18H23BrINO.